The van der Waals surface area contributed by atoms with E-state index in [1.165, 1.54) is 0 Å². The van der Waals surface area contributed by atoms with Crippen LogP contribution in [0.1, 0.15) is 21.6 Å². The van der Waals surface area contributed by atoms with E-state index in [0.717, 1.165) is 17.7 Å². The van der Waals surface area contributed by atoms with E-state index in [-0.39, 0.29) is 18.1 Å². The fraction of sp³-hybridized carbons (Fsp3) is 0.167. The van der Waals surface area contributed by atoms with Crippen LogP contribution in [-0.4, -0.2) is 20.7 Å². The van der Waals surface area contributed by atoms with E-state index in [9.17, 15) is 13.6 Å². The van der Waals surface area contributed by atoms with Crippen LogP contribution in [0.5, 0.6) is 5.75 Å². The molecule has 0 aliphatic carbocycles. The number of ether oxygens (including phenoxy) is 1. The van der Waals surface area contributed by atoms with Gasteiger partial charge in [-0.05, 0) is 29.3 Å². The standard InChI is InChI=1S/C18H14F2N4O2/c1-24-3-2-12(23-24)9-26-15-4-11-8-21-18(25)14(11)7-13(15)10-5-16(19)22-17(20)6-10/h2-7H,8-9H2,1H3,(H,21,25). The van der Waals surface area contributed by atoms with Crippen LogP contribution in [0, 0.1) is 11.9 Å². The van der Waals surface area contributed by atoms with Gasteiger partial charge in [0, 0.05) is 43.0 Å². The van der Waals surface area contributed by atoms with Crippen LogP contribution in [0.4, 0.5) is 8.78 Å². The minimum absolute atomic E-state index is 0.185. The average molecular weight is 356 g/mol. The number of hydrogen-bond donors (Lipinski definition) is 1. The second-order valence-electron chi connectivity index (χ2n) is 5.96. The van der Waals surface area contributed by atoms with E-state index in [4.69, 9.17) is 4.74 Å². The number of nitrogens with zero attached hydrogens (tertiary/aromatic N) is 3. The maximum atomic E-state index is 13.6. The molecule has 0 bridgehead atoms. The van der Waals surface area contributed by atoms with Crippen LogP contribution in [0.2, 0.25) is 0 Å². The Bertz CT molecular complexity index is 996. The zero-order valence-electron chi connectivity index (χ0n) is 13.8. The van der Waals surface area contributed by atoms with Crippen LogP contribution in [-0.2, 0) is 20.2 Å². The van der Waals surface area contributed by atoms with Gasteiger partial charge in [0.25, 0.3) is 5.91 Å². The SMILES string of the molecule is Cn1ccc(COc2cc3c(cc2-c2cc(F)nc(F)c2)C(=O)NC3)n1. The highest BCUT2D eigenvalue weighted by molar-refractivity contribution is 6.00. The Morgan fingerprint density at radius 1 is 1.19 bits per heavy atom. The summed E-state index contributed by atoms with van der Waals surface area (Å²) in [7, 11) is 1.80. The van der Waals surface area contributed by atoms with Gasteiger partial charge in [0.05, 0.1) is 5.69 Å². The first-order chi connectivity index (χ1) is 12.5. The second kappa shape index (κ2) is 6.21. The summed E-state index contributed by atoms with van der Waals surface area (Å²) in [6.07, 6.45) is 1.79. The second-order valence-corrected chi connectivity index (χ2v) is 5.96. The molecule has 6 nitrogen and oxygen atoms in total. The molecular formula is C18H14F2N4O2. The van der Waals surface area contributed by atoms with E-state index in [0.29, 0.717) is 29.1 Å². The number of pyridine rings is 1. The van der Waals surface area contributed by atoms with Gasteiger partial charge in [0.1, 0.15) is 12.4 Å². The number of nitrogens with one attached hydrogen (secondary N) is 1. The van der Waals surface area contributed by atoms with Crippen molar-refractivity contribution in [2.24, 2.45) is 7.05 Å². The summed E-state index contributed by atoms with van der Waals surface area (Å²) >= 11 is 0. The summed E-state index contributed by atoms with van der Waals surface area (Å²) in [6.45, 7) is 0.567. The number of carbonyl (C=O) groups is 1. The minimum atomic E-state index is -0.944. The molecule has 4 rings (SSSR count). The number of amides is 1. The Morgan fingerprint density at radius 2 is 1.96 bits per heavy atom. The van der Waals surface area contributed by atoms with Crippen molar-refractivity contribution in [3.8, 4) is 16.9 Å². The molecule has 132 valence electrons. The first kappa shape index (κ1) is 16.2. The van der Waals surface area contributed by atoms with E-state index in [2.05, 4.69) is 15.4 Å². The molecule has 0 spiro atoms. The minimum Gasteiger partial charge on any atom is -0.487 e. The smallest absolute Gasteiger partial charge is 0.251 e. The predicted molar refractivity (Wildman–Crippen MR) is 88.3 cm³/mol. The molecular weight excluding hydrogens is 342 g/mol. The zero-order valence-corrected chi connectivity index (χ0v) is 13.8. The van der Waals surface area contributed by atoms with Gasteiger partial charge in [-0.25, -0.2) is 0 Å². The van der Waals surface area contributed by atoms with E-state index < -0.39 is 11.9 Å². The molecule has 0 unspecified atom stereocenters. The average Bonchev–Trinajstić information content (AvgIpc) is 3.17. The van der Waals surface area contributed by atoms with Gasteiger partial charge in [0.15, 0.2) is 0 Å². The van der Waals surface area contributed by atoms with E-state index >= 15 is 0 Å². The molecule has 8 heteroatoms. The Labute approximate surface area is 147 Å². The number of aryl methyl sites for hydroxylation is 1. The highest BCUT2D eigenvalue weighted by Gasteiger charge is 2.23. The molecule has 2 aromatic heterocycles. The molecule has 1 amide bonds. The summed E-state index contributed by atoms with van der Waals surface area (Å²) in [5.41, 5.74) is 2.60. The summed E-state index contributed by atoms with van der Waals surface area (Å²) in [5.74, 6) is -1.70. The number of carbonyl (C=O) groups excluding carboxylic acids is 1. The third-order valence-electron chi connectivity index (χ3n) is 4.11. The van der Waals surface area contributed by atoms with Crippen molar-refractivity contribution >= 4 is 5.91 Å². The number of aromatic nitrogens is 3. The highest BCUT2D eigenvalue weighted by atomic mass is 19.1. The summed E-state index contributed by atoms with van der Waals surface area (Å²) in [6, 6.07) is 7.31. The number of halogens is 2. The van der Waals surface area contributed by atoms with Crippen molar-refractivity contribution in [1.29, 1.82) is 0 Å². The Balaban J connectivity index is 1.77. The van der Waals surface area contributed by atoms with Gasteiger partial charge in [-0.15, -0.1) is 0 Å². The highest BCUT2D eigenvalue weighted by Crippen LogP contribution is 2.35. The predicted octanol–water partition coefficient (Wildman–Crippen LogP) is 2.58. The van der Waals surface area contributed by atoms with E-state index in [1.54, 1.807) is 30.1 Å². The summed E-state index contributed by atoms with van der Waals surface area (Å²) < 4.78 is 34.6. The maximum absolute atomic E-state index is 13.6. The first-order valence-corrected chi connectivity index (χ1v) is 7.89. The lowest BCUT2D eigenvalue weighted by atomic mass is 9.99. The lowest BCUT2D eigenvalue weighted by molar-refractivity contribution is 0.0966. The summed E-state index contributed by atoms with van der Waals surface area (Å²) in [5, 5.41) is 6.96. The van der Waals surface area contributed by atoms with Gasteiger partial charge in [0.2, 0.25) is 11.9 Å². The van der Waals surface area contributed by atoms with Crippen LogP contribution >= 0.6 is 0 Å². The molecule has 3 heterocycles. The zero-order chi connectivity index (χ0) is 18.3. The van der Waals surface area contributed by atoms with E-state index in [1.807, 2.05) is 6.07 Å². The van der Waals surface area contributed by atoms with Gasteiger partial charge >= 0.3 is 0 Å². The lowest BCUT2D eigenvalue weighted by Crippen LogP contribution is -2.12. The number of fused-ring (bicyclic) bond motifs is 1. The molecule has 3 aromatic rings. The number of benzene rings is 1. The van der Waals surface area contributed by atoms with Gasteiger partial charge in [-0.3, -0.25) is 9.48 Å². The van der Waals surface area contributed by atoms with Gasteiger partial charge in [-0.1, -0.05) is 0 Å². The normalized spacial score (nSPS) is 12.8. The van der Waals surface area contributed by atoms with Crippen molar-refractivity contribution in [2.45, 2.75) is 13.2 Å². The molecule has 0 atom stereocenters. The Hall–Kier alpha value is -3.29. The quantitative estimate of drug-likeness (QED) is 0.730. The Kier molecular flexibility index (Phi) is 3.87. The molecule has 1 aromatic carbocycles. The first-order valence-electron chi connectivity index (χ1n) is 7.89. The third-order valence-corrected chi connectivity index (χ3v) is 4.11. The van der Waals surface area contributed by atoms with Gasteiger partial charge < -0.3 is 10.1 Å². The van der Waals surface area contributed by atoms with Crippen molar-refractivity contribution in [2.75, 3.05) is 0 Å². The largest absolute Gasteiger partial charge is 0.487 e. The molecule has 0 fully saturated rings. The monoisotopic (exact) mass is 356 g/mol. The van der Waals surface area contributed by atoms with Crippen molar-refractivity contribution in [3.05, 3.63) is 65.2 Å². The van der Waals surface area contributed by atoms with Crippen molar-refractivity contribution in [3.63, 3.8) is 0 Å². The molecule has 0 saturated heterocycles. The van der Waals surface area contributed by atoms with Crippen molar-refractivity contribution < 1.29 is 18.3 Å². The maximum Gasteiger partial charge on any atom is 0.251 e. The molecule has 1 N–H and O–H groups in total. The molecule has 1 aliphatic heterocycles. The molecule has 1 aliphatic rings. The lowest BCUT2D eigenvalue weighted by Gasteiger charge is -2.13. The number of rotatable bonds is 4. The molecule has 0 radical (unpaired) electrons. The van der Waals surface area contributed by atoms with Crippen LogP contribution in [0.25, 0.3) is 11.1 Å². The molecule has 0 saturated carbocycles. The van der Waals surface area contributed by atoms with Crippen LogP contribution in [0.3, 0.4) is 0 Å². The Morgan fingerprint density at radius 3 is 2.65 bits per heavy atom. The fourth-order valence-electron chi connectivity index (χ4n) is 2.91. The fourth-order valence-corrected chi connectivity index (χ4v) is 2.91. The third kappa shape index (κ3) is 3.01. The van der Waals surface area contributed by atoms with Crippen molar-refractivity contribution in [1.82, 2.24) is 20.1 Å². The summed E-state index contributed by atoms with van der Waals surface area (Å²) in [4.78, 5) is 15.1. The topological polar surface area (TPSA) is 69.0 Å². The van der Waals surface area contributed by atoms with Crippen LogP contribution in [0.15, 0.2) is 36.5 Å². The van der Waals surface area contributed by atoms with Gasteiger partial charge in [-0.2, -0.15) is 18.9 Å². The van der Waals surface area contributed by atoms with Crippen LogP contribution < -0.4 is 10.1 Å². The molecule has 26 heavy (non-hydrogen) atoms. The number of hydrogen-bond acceptors (Lipinski definition) is 4.